The average molecular weight is 820 g/mol. The molecule has 310 valence electrons. The molecule has 7 aromatic rings. The van der Waals surface area contributed by atoms with Crippen LogP contribution >= 0.6 is 0 Å². The number of rotatable bonds is 12. The molecule has 4 N–H and O–H groups in total. The van der Waals surface area contributed by atoms with Gasteiger partial charge in [-0.2, -0.15) is 0 Å². The predicted octanol–water partition coefficient (Wildman–Crippen LogP) is 7.33. The van der Waals surface area contributed by atoms with Crippen LogP contribution in [0.1, 0.15) is 36.8 Å². The van der Waals surface area contributed by atoms with Crippen molar-refractivity contribution in [2.75, 3.05) is 37.9 Å². The summed E-state index contributed by atoms with van der Waals surface area (Å²) in [6.45, 7) is 1.05. The number of fused-ring (bicyclic) bond motifs is 2. The fourth-order valence-electron chi connectivity index (χ4n) is 8.47. The zero-order valence-corrected chi connectivity index (χ0v) is 33.8. The zero-order chi connectivity index (χ0) is 42.0. The molecule has 2 atom stereocenters. The molecule has 2 aliphatic heterocycles. The van der Waals surface area contributed by atoms with E-state index in [1.165, 1.54) is 0 Å². The quantitative estimate of drug-likeness (QED) is 0.0991. The summed E-state index contributed by atoms with van der Waals surface area (Å²) in [6.07, 6.45) is 8.37. The van der Waals surface area contributed by atoms with E-state index in [0.29, 0.717) is 60.5 Å². The van der Waals surface area contributed by atoms with E-state index in [4.69, 9.17) is 13.9 Å². The summed E-state index contributed by atoms with van der Waals surface area (Å²) in [5, 5.41) is 7.82. The molecule has 4 aromatic carbocycles. The van der Waals surface area contributed by atoms with Gasteiger partial charge >= 0.3 is 0 Å². The van der Waals surface area contributed by atoms with Crippen LogP contribution in [0.25, 0.3) is 44.6 Å². The fraction of sp³-hybridized carbons (Fsp3) is 0.255. The van der Waals surface area contributed by atoms with Crippen LogP contribution in [0.15, 0.2) is 108 Å². The minimum atomic E-state index is -0.560. The number of amides is 4. The Labute approximate surface area is 351 Å². The Bertz CT molecular complexity index is 2570. The number of carbonyl (C=O) groups excluding carboxylic acids is 4. The van der Waals surface area contributed by atoms with Crippen molar-refractivity contribution in [1.29, 1.82) is 0 Å². The number of likely N-dealkylation sites (tertiary alicyclic amines) is 2. The topological polar surface area (TPSA) is 175 Å². The molecule has 0 aliphatic carbocycles. The maximum atomic E-state index is 13.5. The van der Waals surface area contributed by atoms with Crippen LogP contribution < -0.4 is 20.1 Å². The highest BCUT2D eigenvalue weighted by molar-refractivity contribution is 6.00. The third-order valence-electron chi connectivity index (χ3n) is 11.7. The SMILES string of the molecule is COc1ccc2[nH]cc(CC(=O)N3CCC[C@H]3C(=O)Nc3ccc(-c4cnc(-c5ccc(NC(=O)[C@@H]6CCCN6C(=O)Cc6c[nH]c7ccc(OC)cc67)cc5)o4)cc3)c2c1. The number of nitrogens with zero attached hydrogens (tertiary/aromatic N) is 3. The summed E-state index contributed by atoms with van der Waals surface area (Å²) in [5.41, 5.74) is 6.26. The normalized spacial score (nSPS) is 16.3. The Morgan fingerprint density at radius 3 is 1.62 bits per heavy atom. The predicted molar refractivity (Wildman–Crippen MR) is 231 cm³/mol. The number of hydrogen-bond acceptors (Lipinski definition) is 8. The maximum Gasteiger partial charge on any atom is 0.247 e. The Balaban J connectivity index is 0.785. The van der Waals surface area contributed by atoms with E-state index in [0.717, 1.165) is 56.9 Å². The van der Waals surface area contributed by atoms with Gasteiger partial charge in [0.1, 0.15) is 23.6 Å². The number of methoxy groups -OCH3 is 2. The first-order chi connectivity index (χ1) is 29.7. The number of H-pyrrole nitrogens is 2. The van der Waals surface area contributed by atoms with Crippen LogP contribution in [0.4, 0.5) is 11.4 Å². The molecule has 61 heavy (non-hydrogen) atoms. The van der Waals surface area contributed by atoms with Gasteiger partial charge in [-0.15, -0.1) is 0 Å². The van der Waals surface area contributed by atoms with E-state index in [1.807, 2.05) is 73.1 Å². The number of ether oxygens (including phenoxy) is 2. The van der Waals surface area contributed by atoms with Crippen molar-refractivity contribution in [3.8, 4) is 34.3 Å². The number of aromatic nitrogens is 3. The highest BCUT2D eigenvalue weighted by Crippen LogP contribution is 2.31. The fourth-order valence-corrected chi connectivity index (χ4v) is 8.47. The van der Waals surface area contributed by atoms with Gasteiger partial charge in [0.15, 0.2) is 5.76 Å². The van der Waals surface area contributed by atoms with E-state index >= 15 is 0 Å². The lowest BCUT2D eigenvalue weighted by molar-refractivity contribution is -0.136. The summed E-state index contributed by atoms with van der Waals surface area (Å²) in [4.78, 5) is 68.1. The minimum Gasteiger partial charge on any atom is -0.497 e. The molecule has 0 saturated carbocycles. The molecular weight excluding hydrogens is 775 g/mol. The van der Waals surface area contributed by atoms with Gasteiger partial charge in [-0.25, -0.2) is 4.98 Å². The van der Waals surface area contributed by atoms with Gasteiger partial charge < -0.3 is 44.3 Å². The van der Waals surface area contributed by atoms with Crippen molar-refractivity contribution in [1.82, 2.24) is 24.8 Å². The molecule has 2 saturated heterocycles. The second-order valence-electron chi connectivity index (χ2n) is 15.5. The number of nitrogens with one attached hydrogen (secondary N) is 4. The van der Waals surface area contributed by atoms with Crippen LogP contribution in [0.5, 0.6) is 11.5 Å². The van der Waals surface area contributed by atoms with Gasteiger partial charge in [0.05, 0.1) is 33.3 Å². The molecule has 2 fully saturated rings. The van der Waals surface area contributed by atoms with Gasteiger partial charge in [-0.1, -0.05) is 0 Å². The largest absolute Gasteiger partial charge is 0.497 e. The number of anilines is 2. The highest BCUT2D eigenvalue weighted by atomic mass is 16.5. The molecule has 2 aliphatic rings. The highest BCUT2D eigenvalue weighted by Gasteiger charge is 2.35. The second-order valence-corrected chi connectivity index (χ2v) is 15.5. The molecule has 3 aromatic heterocycles. The summed E-state index contributed by atoms with van der Waals surface area (Å²) < 4.78 is 16.9. The van der Waals surface area contributed by atoms with Crippen molar-refractivity contribution < 1.29 is 33.1 Å². The lowest BCUT2D eigenvalue weighted by Crippen LogP contribution is -2.43. The lowest BCUT2D eigenvalue weighted by atomic mass is 10.1. The summed E-state index contributed by atoms with van der Waals surface area (Å²) in [5.74, 6) is 1.74. The van der Waals surface area contributed by atoms with E-state index in [2.05, 4.69) is 25.6 Å². The van der Waals surface area contributed by atoms with E-state index < -0.39 is 12.1 Å². The van der Waals surface area contributed by atoms with Crippen LogP contribution in [-0.4, -0.2) is 87.8 Å². The van der Waals surface area contributed by atoms with Crippen LogP contribution in [0, 0.1) is 0 Å². The maximum absolute atomic E-state index is 13.5. The lowest BCUT2D eigenvalue weighted by Gasteiger charge is -2.24. The summed E-state index contributed by atoms with van der Waals surface area (Å²) in [7, 11) is 3.22. The molecule has 14 nitrogen and oxygen atoms in total. The average Bonchev–Trinajstić information content (AvgIpc) is 4.15. The first-order valence-corrected chi connectivity index (χ1v) is 20.4. The molecule has 14 heteroatoms. The molecule has 9 rings (SSSR count). The number of hydrogen-bond donors (Lipinski definition) is 4. The number of benzene rings is 4. The van der Waals surface area contributed by atoms with E-state index in [1.54, 1.807) is 54.5 Å². The van der Waals surface area contributed by atoms with Crippen LogP contribution in [-0.2, 0) is 32.0 Å². The van der Waals surface area contributed by atoms with Gasteiger partial charge in [0.25, 0.3) is 0 Å². The van der Waals surface area contributed by atoms with E-state index in [-0.39, 0.29) is 36.5 Å². The molecule has 5 heterocycles. The first-order valence-electron chi connectivity index (χ1n) is 20.4. The van der Waals surface area contributed by atoms with Gasteiger partial charge in [0.2, 0.25) is 29.5 Å². The van der Waals surface area contributed by atoms with Crippen molar-refractivity contribution in [3.05, 3.63) is 115 Å². The third kappa shape index (κ3) is 8.04. The second kappa shape index (κ2) is 16.7. The van der Waals surface area contributed by atoms with Crippen LogP contribution in [0.3, 0.4) is 0 Å². The summed E-state index contributed by atoms with van der Waals surface area (Å²) in [6, 6.07) is 24.8. The Morgan fingerprint density at radius 2 is 1.15 bits per heavy atom. The van der Waals surface area contributed by atoms with Crippen molar-refractivity contribution in [2.24, 2.45) is 0 Å². The number of aromatic amines is 2. The first kappa shape index (κ1) is 39.1. The molecule has 0 radical (unpaired) electrons. The number of oxazole rings is 1. The molecule has 0 spiro atoms. The molecule has 0 bridgehead atoms. The van der Waals surface area contributed by atoms with Gasteiger partial charge in [-0.05, 0) is 122 Å². The van der Waals surface area contributed by atoms with Crippen molar-refractivity contribution in [3.63, 3.8) is 0 Å². The Hall–Kier alpha value is -7.35. The van der Waals surface area contributed by atoms with E-state index in [9.17, 15) is 19.2 Å². The van der Waals surface area contributed by atoms with Gasteiger partial charge in [0, 0.05) is 69.8 Å². The third-order valence-corrected chi connectivity index (χ3v) is 11.7. The minimum absolute atomic E-state index is 0.0958. The number of carbonyl (C=O) groups is 4. The molecule has 4 amide bonds. The molecule has 0 unspecified atom stereocenters. The van der Waals surface area contributed by atoms with Gasteiger partial charge in [-0.3, -0.25) is 19.2 Å². The molecular formula is C47H45N7O7. The smallest absolute Gasteiger partial charge is 0.247 e. The van der Waals surface area contributed by atoms with Crippen LogP contribution in [0.2, 0.25) is 0 Å². The summed E-state index contributed by atoms with van der Waals surface area (Å²) >= 11 is 0. The Kier molecular flexibility index (Phi) is 10.7. The van der Waals surface area contributed by atoms with Crippen molar-refractivity contribution in [2.45, 2.75) is 50.6 Å². The monoisotopic (exact) mass is 819 g/mol. The standard InChI is InChI=1S/C47H45N7O7/c1-59-34-15-17-38-36(23-34)30(25-48-38)21-43(55)53-19-3-5-40(53)45(57)51-32-11-7-28(8-12-32)42-27-50-47(61-42)29-9-13-33(14-10-29)52-46(58)41-6-4-20-54(41)44(56)22-31-26-49-39-18-16-35(60-2)24-37(31)39/h7-18,23-27,40-41,48-49H,3-6,19-22H2,1-2H3,(H,51,57)(H,52,58)/t40-,41-/m0/s1. The van der Waals surface area contributed by atoms with Crippen molar-refractivity contribution >= 4 is 56.8 Å². The Morgan fingerprint density at radius 1 is 0.672 bits per heavy atom. The zero-order valence-electron chi connectivity index (χ0n) is 33.8.